The van der Waals surface area contributed by atoms with Crippen molar-refractivity contribution < 1.29 is 9.72 Å². The van der Waals surface area contributed by atoms with Gasteiger partial charge in [-0.15, -0.1) is 10.2 Å². The third-order valence-electron chi connectivity index (χ3n) is 3.85. The summed E-state index contributed by atoms with van der Waals surface area (Å²) in [6.07, 6.45) is 1.59. The number of benzene rings is 2. The molecule has 0 aliphatic carbocycles. The third kappa shape index (κ3) is 4.32. The number of nitro benzene ring substituents is 1. The van der Waals surface area contributed by atoms with E-state index in [1.54, 1.807) is 19.3 Å². The summed E-state index contributed by atoms with van der Waals surface area (Å²) in [5.41, 5.74) is 2.78. The Labute approximate surface area is 159 Å². The molecule has 0 fully saturated rings. The lowest BCUT2D eigenvalue weighted by Gasteiger charge is -2.09. The van der Waals surface area contributed by atoms with Gasteiger partial charge in [-0.3, -0.25) is 19.5 Å². The Morgan fingerprint density at radius 3 is 2.78 bits per heavy atom. The number of hydrogen-bond donors (Lipinski definition) is 1. The van der Waals surface area contributed by atoms with Crippen molar-refractivity contribution >= 4 is 29.0 Å². The number of nitro groups is 1. The lowest BCUT2D eigenvalue weighted by molar-refractivity contribution is -0.384. The molecule has 2 aromatic carbocycles. The average Bonchev–Trinajstić information content (AvgIpc) is 3.10. The first-order valence-electron chi connectivity index (χ1n) is 8.09. The first-order valence-corrected chi connectivity index (χ1v) is 9.08. The third-order valence-corrected chi connectivity index (χ3v) is 4.79. The zero-order valence-corrected chi connectivity index (χ0v) is 15.6. The van der Waals surface area contributed by atoms with Crippen molar-refractivity contribution in [1.29, 1.82) is 0 Å². The van der Waals surface area contributed by atoms with Crippen LogP contribution in [0.25, 0.3) is 5.69 Å². The largest absolute Gasteiger partial charge is 0.320 e. The van der Waals surface area contributed by atoms with Gasteiger partial charge in [-0.1, -0.05) is 36.0 Å². The number of nitrogens with zero attached hydrogens (tertiary/aromatic N) is 4. The number of hydrogen-bond acceptors (Lipinski definition) is 6. The Balaban J connectivity index is 1.71. The van der Waals surface area contributed by atoms with Gasteiger partial charge >= 0.3 is 0 Å². The second-order valence-corrected chi connectivity index (χ2v) is 6.83. The topological polar surface area (TPSA) is 103 Å². The molecule has 1 aromatic heterocycles. The van der Waals surface area contributed by atoms with Crippen LogP contribution in [-0.2, 0) is 4.79 Å². The van der Waals surface area contributed by atoms with E-state index in [9.17, 15) is 14.9 Å². The monoisotopic (exact) mass is 383 g/mol. The van der Waals surface area contributed by atoms with E-state index < -0.39 is 4.92 Å². The van der Waals surface area contributed by atoms with E-state index in [4.69, 9.17) is 0 Å². The molecule has 0 spiro atoms. The number of aromatic nitrogens is 3. The minimum Gasteiger partial charge on any atom is -0.320 e. The van der Waals surface area contributed by atoms with Gasteiger partial charge in [0.05, 0.1) is 16.4 Å². The lowest BCUT2D eigenvalue weighted by atomic mass is 10.2. The quantitative estimate of drug-likeness (QED) is 0.397. The number of carbonyl (C=O) groups is 1. The minimum absolute atomic E-state index is 0.0512. The summed E-state index contributed by atoms with van der Waals surface area (Å²) in [4.78, 5) is 22.9. The molecule has 1 heterocycles. The molecule has 0 aliphatic rings. The van der Waals surface area contributed by atoms with Crippen LogP contribution in [0.15, 0.2) is 53.9 Å². The Morgan fingerprint density at radius 1 is 1.26 bits per heavy atom. The lowest BCUT2D eigenvalue weighted by Crippen LogP contribution is -2.15. The highest BCUT2D eigenvalue weighted by atomic mass is 32.2. The van der Waals surface area contributed by atoms with Crippen molar-refractivity contribution in [2.24, 2.45) is 0 Å². The molecule has 1 N–H and O–H groups in total. The summed E-state index contributed by atoms with van der Waals surface area (Å²) in [6.45, 7) is 3.74. The van der Waals surface area contributed by atoms with Crippen molar-refractivity contribution in [2.75, 3.05) is 11.1 Å². The minimum atomic E-state index is -0.509. The molecule has 0 aliphatic heterocycles. The fourth-order valence-corrected chi connectivity index (χ4v) is 3.26. The number of amides is 1. The van der Waals surface area contributed by atoms with Gasteiger partial charge in [-0.05, 0) is 37.1 Å². The van der Waals surface area contributed by atoms with Gasteiger partial charge in [0.1, 0.15) is 12.0 Å². The molecule has 8 nitrogen and oxygen atoms in total. The van der Waals surface area contributed by atoms with Gasteiger partial charge in [0.15, 0.2) is 5.16 Å². The summed E-state index contributed by atoms with van der Waals surface area (Å²) in [7, 11) is 0. The number of carbonyl (C=O) groups excluding carboxylic acids is 1. The van der Waals surface area contributed by atoms with Gasteiger partial charge in [0, 0.05) is 6.07 Å². The molecular formula is C18H17N5O3S. The second-order valence-electron chi connectivity index (χ2n) is 5.88. The zero-order valence-electron chi connectivity index (χ0n) is 14.7. The standard InChI is InChI=1S/C18H17N5O3S/c1-12-7-8-14(16(9-12)23(25)26)20-17(24)10-27-18-21-19-11-22(18)15-6-4-3-5-13(15)2/h3-9,11H,10H2,1-2H3,(H,20,24). The number of rotatable bonds is 6. The van der Waals surface area contributed by atoms with E-state index in [2.05, 4.69) is 15.5 Å². The Bertz CT molecular complexity index is 1000. The van der Waals surface area contributed by atoms with Crippen LogP contribution in [0.2, 0.25) is 0 Å². The fourth-order valence-electron chi connectivity index (χ4n) is 2.54. The fraction of sp³-hybridized carbons (Fsp3) is 0.167. The van der Waals surface area contributed by atoms with Crippen molar-refractivity contribution in [3.63, 3.8) is 0 Å². The molecule has 138 valence electrons. The molecule has 0 bridgehead atoms. The number of para-hydroxylation sites is 1. The van der Waals surface area contributed by atoms with Crippen molar-refractivity contribution in [2.45, 2.75) is 19.0 Å². The second kappa shape index (κ2) is 8.00. The Morgan fingerprint density at radius 2 is 2.04 bits per heavy atom. The molecular weight excluding hydrogens is 366 g/mol. The Hall–Kier alpha value is -3.20. The van der Waals surface area contributed by atoms with Crippen LogP contribution in [-0.4, -0.2) is 31.3 Å². The van der Waals surface area contributed by atoms with Gasteiger partial charge in [-0.25, -0.2) is 0 Å². The van der Waals surface area contributed by atoms with E-state index in [-0.39, 0.29) is 23.0 Å². The molecule has 0 atom stereocenters. The maximum Gasteiger partial charge on any atom is 0.293 e. The first kappa shape index (κ1) is 18.6. The summed E-state index contributed by atoms with van der Waals surface area (Å²) in [5, 5.41) is 22.3. The van der Waals surface area contributed by atoms with Crippen molar-refractivity contribution in [3.8, 4) is 5.69 Å². The number of aryl methyl sites for hydroxylation is 2. The highest BCUT2D eigenvalue weighted by Gasteiger charge is 2.17. The van der Waals surface area contributed by atoms with E-state index in [0.29, 0.717) is 5.16 Å². The van der Waals surface area contributed by atoms with E-state index in [1.807, 2.05) is 35.8 Å². The zero-order chi connectivity index (χ0) is 19.4. The molecule has 0 unspecified atom stereocenters. The highest BCUT2D eigenvalue weighted by Crippen LogP contribution is 2.26. The van der Waals surface area contributed by atoms with Crippen molar-refractivity contribution in [1.82, 2.24) is 14.8 Å². The van der Waals surface area contributed by atoms with Crippen LogP contribution in [0.1, 0.15) is 11.1 Å². The molecule has 0 saturated carbocycles. The van der Waals surface area contributed by atoms with Gasteiger partial charge in [-0.2, -0.15) is 0 Å². The smallest absolute Gasteiger partial charge is 0.293 e. The first-order chi connectivity index (χ1) is 13.0. The van der Waals surface area contributed by atoms with Crippen molar-refractivity contribution in [3.05, 3.63) is 70.0 Å². The summed E-state index contributed by atoms with van der Waals surface area (Å²) in [5.74, 6) is -0.304. The average molecular weight is 383 g/mol. The van der Waals surface area contributed by atoms with Crippen LogP contribution < -0.4 is 5.32 Å². The molecule has 9 heteroatoms. The molecule has 0 radical (unpaired) electrons. The van der Waals surface area contributed by atoms with Gasteiger partial charge < -0.3 is 5.32 Å². The molecule has 1 amide bonds. The maximum absolute atomic E-state index is 12.3. The van der Waals surface area contributed by atoms with E-state index in [1.165, 1.54) is 23.9 Å². The van der Waals surface area contributed by atoms with Crippen LogP contribution in [0.4, 0.5) is 11.4 Å². The number of thioether (sulfide) groups is 1. The summed E-state index contributed by atoms with van der Waals surface area (Å²) >= 11 is 1.21. The number of anilines is 1. The van der Waals surface area contributed by atoms with E-state index >= 15 is 0 Å². The molecule has 0 saturated heterocycles. The predicted octanol–water partition coefficient (Wildman–Crippen LogP) is 3.52. The molecule has 27 heavy (non-hydrogen) atoms. The normalized spacial score (nSPS) is 10.6. The Kier molecular flexibility index (Phi) is 5.51. The van der Waals surface area contributed by atoms with Crippen LogP contribution in [0.5, 0.6) is 0 Å². The highest BCUT2D eigenvalue weighted by molar-refractivity contribution is 7.99. The summed E-state index contributed by atoms with van der Waals surface area (Å²) in [6, 6.07) is 12.5. The maximum atomic E-state index is 12.3. The number of nitrogens with one attached hydrogen (secondary N) is 1. The molecule has 3 aromatic rings. The van der Waals surface area contributed by atoms with Crippen LogP contribution in [0, 0.1) is 24.0 Å². The summed E-state index contributed by atoms with van der Waals surface area (Å²) < 4.78 is 1.81. The van der Waals surface area contributed by atoms with Gasteiger partial charge in [0.2, 0.25) is 5.91 Å². The van der Waals surface area contributed by atoms with E-state index in [0.717, 1.165) is 16.8 Å². The molecule has 3 rings (SSSR count). The predicted molar refractivity (Wildman–Crippen MR) is 103 cm³/mol. The van der Waals surface area contributed by atoms with Gasteiger partial charge in [0.25, 0.3) is 5.69 Å². The van der Waals surface area contributed by atoms with Crippen LogP contribution in [0.3, 0.4) is 0 Å². The van der Waals surface area contributed by atoms with Crippen LogP contribution >= 0.6 is 11.8 Å². The SMILES string of the molecule is Cc1ccc(NC(=O)CSc2nncn2-c2ccccc2C)c([N+](=O)[O-])c1.